The molecule has 2 aliphatic rings. The van der Waals surface area contributed by atoms with E-state index in [1.165, 1.54) is 25.7 Å². The van der Waals surface area contributed by atoms with Crippen molar-refractivity contribution in [1.82, 2.24) is 10.2 Å². The molecule has 4 heteroatoms. The van der Waals surface area contributed by atoms with Crippen LogP contribution in [0.2, 0.25) is 0 Å². The molecule has 2 unspecified atom stereocenters. The van der Waals surface area contributed by atoms with Gasteiger partial charge in [-0.2, -0.15) is 0 Å². The zero-order chi connectivity index (χ0) is 15.6. The van der Waals surface area contributed by atoms with E-state index in [-0.39, 0.29) is 29.8 Å². The molecule has 1 saturated carbocycles. The molecule has 0 radical (unpaired) electrons. The van der Waals surface area contributed by atoms with Crippen LogP contribution in [0, 0.1) is 5.92 Å². The molecule has 2 rings (SSSR count). The third-order valence-corrected chi connectivity index (χ3v) is 5.36. The summed E-state index contributed by atoms with van der Waals surface area (Å²) < 4.78 is 0. The lowest BCUT2D eigenvalue weighted by Crippen LogP contribution is -2.72. The van der Waals surface area contributed by atoms with Crippen LogP contribution in [0.1, 0.15) is 72.6 Å². The molecule has 2 atom stereocenters. The van der Waals surface area contributed by atoms with E-state index >= 15 is 0 Å². The maximum Gasteiger partial charge on any atom is 0.246 e. The van der Waals surface area contributed by atoms with Crippen molar-refractivity contribution in [1.29, 1.82) is 0 Å². The molecule has 21 heavy (non-hydrogen) atoms. The first-order valence-electron chi connectivity index (χ1n) is 8.56. The zero-order valence-electron chi connectivity index (χ0n) is 13.9. The van der Waals surface area contributed by atoms with Crippen molar-refractivity contribution in [2.75, 3.05) is 0 Å². The second-order valence-corrected chi connectivity index (χ2v) is 7.18. The third-order valence-electron chi connectivity index (χ3n) is 5.36. The number of carbonyl (C=O) groups is 2. The standard InChI is InChI=1S/C17H30N2O2/c1-5-17(4)16(21)18-14(12(2)3)15(20)19(17)13-10-8-6-7-9-11-13/h12-14H,5-11H2,1-4H3,(H,18,21). The van der Waals surface area contributed by atoms with Crippen LogP contribution in [-0.4, -0.2) is 34.3 Å². The second kappa shape index (κ2) is 6.37. The van der Waals surface area contributed by atoms with Crippen LogP contribution >= 0.6 is 0 Å². The highest BCUT2D eigenvalue weighted by molar-refractivity contribution is 5.99. The van der Waals surface area contributed by atoms with E-state index in [0.717, 1.165) is 12.8 Å². The lowest BCUT2D eigenvalue weighted by atomic mass is 9.85. The fraction of sp³-hybridized carbons (Fsp3) is 0.882. The number of nitrogens with zero attached hydrogens (tertiary/aromatic N) is 1. The fourth-order valence-corrected chi connectivity index (χ4v) is 3.74. The Bertz CT molecular complexity index is 400. The van der Waals surface area contributed by atoms with Gasteiger partial charge in [0.1, 0.15) is 11.6 Å². The quantitative estimate of drug-likeness (QED) is 0.814. The zero-order valence-corrected chi connectivity index (χ0v) is 13.9. The summed E-state index contributed by atoms with van der Waals surface area (Å²) in [6.45, 7) is 7.94. The first-order chi connectivity index (χ1) is 9.91. The lowest BCUT2D eigenvalue weighted by Gasteiger charge is -2.50. The van der Waals surface area contributed by atoms with Crippen molar-refractivity contribution in [2.45, 2.75) is 90.3 Å². The molecular formula is C17H30N2O2. The average molecular weight is 294 g/mol. The van der Waals surface area contributed by atoms with E-state index < -0.39 is 5.54 Å². The molecule has 0 spiro atoms. The smallest absolute Gasteiger partial charge is 0.246 e. The van der Waals surface area contributed by atoms with E-state index in [4.69, 9.17) is 0 Å². The first-order valence-corrected chi connectivity index (χ1v) is 8.56. The Morgan fingerprint density at radius 2 is 1.76 bits per heavy atom. The van der Waals surface area contributed by atoms with Crippen molar-refractivity contribution in [2.24, 2.45) is 5.92 Å². The van der Waals surface area contributed by atoms with Gasteiger partial charge in [0, 0.05) is 6.04 Å². The molecule has 120 valence electrons. The summed E-state index contributed by atoms with van der Waals surface area (Å²) in [5, 5.41) is 2.96. The molecule has 1 aliphatic heterocycles. The highest BCUT2D eigenvalue weighted by Gasteiger charge is 2.51. The Hall–Kier alpha value is -1.06. The van der Waals surface area contributed by atoms with Crippen LogP contribution in [0.15, 0.2) is 0 Å². The minimum atomic E-state index is -0.683. The molecule has 1 N–H and O–H groups in total. The van der Waals surface area contributed by atoms with E-state index in [1.807, 2.05) is 32.6 Å². The molecule has 0 aromatic rings. The molecule has 0 aromatic heterocycles. The molecule has 1 saturated heterocycles. The number of piperazine rings is 1. The van der Waals surface area contributed by atoms with Gasteiger partial charge in [0.25, 0.3) is 0 Å². The minimum Gasteiger partial charge on any atom is -0.342 e. The van der Waals surface area contributed by atoms with Crippen LogP contribution in [0.3, 0.4) is 0 Å². The molecule has 2 amide bonds. The summed E-state index contributed by atoms with van der Waals surface area (Å²) in [5.74, 6) is 0.282. The molecule has 4 nitrogen and oxygen atoms in total. The van der Waals surface area contributed by atoms with Crippen LogP contribution < -0.4 is 5.32 Å². The Labute approximate surface area is 128 Å². The Morgan fingerprint density at radius 3 is 2.24 bits per heavy atom. The molecular weight excluding hydrogens is 264 g/mol. The number of hydrogen-bond donors (Lipinski definition) is 1. The minimum absolute atomic E-state index is 0.0209. The van der Waals surface area contributed by atoms with Gasteiger partial charge in [-0.05, 0) is 32.1 Å². The van der Waals surface area contributed by atoms with Crippen LogP contribution in [0.4, 0.5) is 0 Å². The van der Waals surface area contributed by atoms with Gasteiger partial charge in [-0.25, -0.2) is 0 Å². The van der Waals surface area contributed by atoms with Gasteiger partial charge < -0.3 is 10.2 Å². The summed E-state index contributed by atoms with van der Waals surface area (Å²) in [7, 11) is 0. The van der Waals surface area contributed by atoms with Crippen LogP contribution in [0.25, 0.3) is 0 Å². The summed E-state index contributed by atoms with van der Waals surface area (Å²) in [6, 6.07) is -0.127. The molecule has 2 fully saturated rings. The highest BCUT2D eigenvalue weighted by atomic mass is 16.2. The Balaban J connectivity index is 2.33. The second-order valence-electron chi connectivity index (χ2n) is 7.18. The monoisotopic (exact) mass is 294 g/mol. The van der Waals surface area contributed by atoms with Crippen molar-refractivity contribution < 1.29 is 9.59 Å². The average Bonchev–Trinajstić information content (AvgIpc) is 2.71. The van der Waals surface area contributed by atoms with E-state index in [1.54, 1.807) is 0 Å². The van der Waals surface area contributed by atoms with E-state index in [0.29, 0.717) is 6.42 Å². The van der Waals surface area contributed by atoms with Gasteiger partial charge in [-0.3, -0.25) is 9.59 Å². The van der Waals surface area contributed by atoms with Gasteiger partial charge >= 0.3 is 0 Å². The topological polar surface area (TPSA) is 49.4 Å². The maximum absolute atomic E-state index is 13.0. The van der Waals surface area contributed by atoms with Crippen LogP contribution in [-0.2, 0) is 9.59 Å². The van der Waals surface area contributed by atoms with Gasteiger partial charge in [0.05, 0.1) is 0 Å². The molecule has 0 bridgehead atoms. The largest absolute Gasteiger partial charge is 0.342 e. The first kappa shape index (κ1) is 16.3. The van der Waals surface area contributed by atoms with Gasteiger partial charge in [-0.15, -0.1) is 0 Å². The van der Waals surface area contributed by atoms with Gasteiger partial charge in [-0.1, -0.05) is 46.5 Å². The normalized spacial score (nSPS) is 32.2. The molecule has 1 aliphatic carbocycles. The number of carbonyl (C=O) groups excluding carboxylic acids is 2. The summed E-state index contributed by atoms with van der Waals surface area (Å²) >= 11 is 0. The maximum atomic E-state index is 13.0. The number of rotatable bonds is 3. The van der Waals surface area contributed by atoms with Crippen molar-refractivity contribution in [3.05, 3.63) is 0 Å². The third kappa shape index (κ3) is 2.95. The number of amides is 2. The fourth-order valence-electron chi connectivity index (χ4n) is 3.74. The van der Waals surface area contributed by atoms with Gasteiger partial charge in [0.2, 0.25) is 11.8 Å². The van der Waals surface area contributed by atoms with E-state index in [2.05, 4.69) is 5.32 Å². The molecule has 0 aromatic carbocycles. The van der Waals surface area contributed by atoms with Crippen molar-refractivity contribution in [3.8, 4) is 0 Å². The SMILES string of the molecule is CCC1(C)C(=O)NC(C(C)C)C(=O)N1C1CCCCCC1. The summed E-state index contributed by atoms with van der Waals surface area (Å²) in [5.41, 5.74) is -0.683. The Morgan fingerprint density at radius 1 is 1.19 bits per heavy atom. The van der Waals surface area contributed by atoms with Crippen molar-refractivity contribution in [3.63, 3.8) is 0 Å². The predicted molar refractivity (Wildman–Crippen MR) is 83.8 cm³/mol. The van der Waals surface area contributed by atoms with Crippen LogP contribution in [0.5, 0.6) is 0 Å². The summed E-state index contributed by atoms with van der Waals surface area (Å²) in [6.07, 6.45) is 7.59. The number of nitrogens with one attached hydrogen (secondary N) is 1. The van der Waals surface area contributed by atoms with E-state index in [9.17, 15) is 9.59 Å². The Kier molecular flexibility index (Phi) is 4.95. The highest BCUT2D eigenvalue weighted by Crippen LogP contribution is 2.34. The predicted octanol–water partition coefficient (Wildman–Crippen LogP) is 2.86. The van der Waals surface area contributed by atoms with Gasteiger partial charge in [0.15, 0.2) is 0 Å². The number of hydrogen-bond acceptors (Lipinski definition) is 2. The van der Waals surface area contributed by atoms with Crippen molar-refractivity contribution >= 4 is 11.8 Å². The lowest BCUT2D eigenvalue weighted by molar-refractivity contribution is -0.162. The summed E-state index contributed by atoms with van der Waals surface area (Å²) in [4.78, 5) is 27.6. The molecule has 1 heterocycles.